The van der Waals surface area contributed by atoms with Crippen LogP contribution < -0.4 is 20.7 Å². The van der Waals surface area contributed by atoms with E-state index in [2.05, 4.69) is 37.1 Å². The third kappa shape index (κ3) is 3.31. The Morgan fingerprint density at radius 1 is 1.18 bits per heavy atom. The maximum Gasteiger partial charge on any atom is 0.227 e. The highest BCUT2D eigenvalue weighted by Crippen LogP contribution is 2.32. The highest BCUT2D eigenvalue weighted by molar-refractivity contribution is 5.91. The summed E-state index contributed by atoms with van der Waals surface area (Å²) in [6.45, 7) is 7.07. The van der Waals surface area contributed by atoms with Crippen molar-refractivity contribution in [2.45, 2.75) is 38.8 Å². The molecule has 4 rings (SSSR count). The lowest BCUT2D eigenvalue weighted by Crippen LogP contribution is -2.46. The molecule has 8 heteroatoms. The summed E-state index contributed by atoms with van der Waals surface area (Å²) in [5, 5.41) is 5.05. The van der Waals surface area contributed by atoms with E-state index in [0.717, 1.165) is 28.8 Å². The number of ether oxygens (including phenoxy) is 1. The molecule has 1 atom stereocenters. The van der Waals surface area contributed by atoms with Crippen LogP contribution in [0.5, 0.6) is 5.88 Å². The molecule has 0 radical (unpaired) electrons. The quantitative estimate of drug-likeness (QED) is 0.697. The van der Waals surface area contributed by atoms with Gasteiger partial charge in [0.25, 0.3) is 0 Å². The Morgan fingerprint density at radius 2 is 2.00 bits per heavy atom. The molecule has 0 spiro atoms. The number of aromatic nitrogens is 4. The minimum Gasteiger partial charge on any atom is -0.481 e. The van der Waals surface area contributed by atoms with Crippen molar-refractivity contribution in [1.29, 1.82) is 0 Å². The lowest BCUT2D eigenvalue weighted by atomic mass is 9.93. The van der Waals surface area contributed by atoms with Gasteiger partial charge < -0.3 is 20.7 Å². The van der Waals surface area contributed by atoms with Crippen molar-refractivity contribution in [3.8, 4) is 5.88 Å². The number of hydrogen-bond donors (Lipinski definition) is 2. The third-order valence-electron chi connectivity index (χ3n) is 5.10. The molecule has 1 saturated heterocycles. The van der Waals surface area contributed by atoms with Gasteiger partial charge in [-0.2, -0.15) is 4.98 Å². The van der Waals surface area contributed by atoms with Crippen LogP contribution in [0.25, 0.3) is 10.8 Å². The second kappa shape index (κ2) is 6.87. The molecular formula is C20H25N7O. The largest absolute Gasteiger partial charge is 0.481 e. The molecule has 0 saturated carbocycles. The number of rotatable bonds is 5. The summed E-state index contributed by atoms with van der Waals surface area (Å²) in [7, 11) is 1.60. The smallest absolute Gasteiger partial charge is 0.227 e. The van der Waals surface area contributed by atoms with Crippen LogP contribution in [0.1, 0.15) is 32.8 Å². The molecule has 0 aromatic carbocycles. The van der Waals surface area contributed by atoms with Crippen LogP contribution in [0.2, 0.25) is 0 Å². The molecule has 3 N–H and O–H groups in total. The number of nitrogens with zero attached hydrogens (tertiary/aromatic N) is 5. The van der Waals surface area contributed by atoms with Crippen LogP contribution >= 0.6 is 0 Å². The van der Waals surface area contributed by atoms with E-state index in [1.54, 1.807) is 25.7 Å². The second-order valence-corrected chi connectivity index (χ2v) is 7.72. The lowest BCUT2D eigenvalue weighted by molar-refractivity contribution is 0.402. The number of hydrogen-bond acceptors (Lipinski definition) is 8. The number of fused-ring (bicyclic) bond motifs is 1. The van der Waals surface area contributed by atoms with Gasteiger partial charge in [0.15, 0.2) is 0 Å². The Hall–Kier alpha value is -3.00. The summed E-state index contributed by atoms with van der Waals surface area (Å²) < 4.78 is 5.39. The van der Waals surface area contributed by atoms with Gasteiger partial charge in [-0.3, -0.25) is 0 Å². The lowest BCUT2D eigenvalue weighted by Gasteiger charge is -2.38. The number of nitrogens with one attached hydrogen (secondary N) is 1. The zero-order valence-electron chi connectivity index (χ0n) is 16.6. The molecule has 3 aromatic heterocycles. The zero-order chi connectivity index (χ0) is 19.9. The fraction of sp³-hybridized carbons (Fsp3) is 0.400. The van der Waals surface area contributed by atoms with Gasteiger partial charge >= 0.3 is 0 Å². The zero-order valence-corrected chi connectivity index (χ0v) is 16.6. The molecule has 0 aliphatic carbocycles. The molecule has 1 aliphatic heterocycles. The van der Waals surface area contributed by atoms with Gasteiger partial charge in [-0.15, -0.1) is 0 Å². The van der Waals surface area contributed by atoms with Gasteiger partial charge in [0.2, 0.25) is 11.8 Å². The van der Waals surface area contributed by atoms with E-state index in [9.17, 15) is 0 Å². The van der Waals surface area contributed by atoms with Crippen molar-refractivity contribution in [2.75, 3.05) is 23.9 Å². The van der Waals surface area contributed by atoms with Gasteiger partial charge in [0.1, 0.15) is 11.6 Å². The van der Waals surface area contributed by atoms with Crippen molar-refractivity contribution in [1.82, 2.24) is 19.9 Å². The molecular weight excluding hydrogens is 354 g/mol. The highest BCUT2D eigenvalue weighted by Gasteiger charge is 2.26. The average molecular weight is 379 g/mol. The van der Waals surface area contributed by atoms with Gasteiger partial charge in [-0.05, 0) is 50.3 Å². The predicted octanol–water partition coefficient (Wildman–Crippen LogP) is 2.96. The molecule has 1 aliphatic rings. The summed E-state index contributed by atoms with van der Waals surface area (Å²) >= 11 is 0. The topological polar surface area (TPSA) is 102 Å². The van der Waals surface area contributed by atoms with E-state index in [4.69, 9.17) is 10.5 Å². The summed E-state index contributed by atoms with van der Waals surface area (Å²) in [5.41, 5.74) is 6.73. The predicted molar refractivity (Wildman–Crippen MR) is 110 cm³/mol. The minimum atomic E-state index is -0.550. The first-order valence-corrected chi connectivity index (χ1v) is 9.35. The molecule has 1 fully saturated rings. The first-order valence-electron chi connectivity index (χ1n) is 9.35. The van der Waals surface area contributed by atoms with E-state index in [1.807, 2.05) is 26.0 Å². The highest BCUT2D eigenvalue weighted by atomic mass is 16.5. The van der Waals surface area contributed by atoms with Crippen molar-refractivity contribution in [2.24, 2.45) is 5.73 Å². The maximum atomic E-state index is 6.36. The first-order chi connectivity index (χ1) is 13.4. The second-order valence-electron chi connectivity index (χ2n) is 7.72. The van der Waals surface area contributed by atoms with Crippen molar-refractivity contribution in [3.05, 3.63) is 36.3 Å². The molecule has 0 bridgehead atoms. The Balaban J connectivity index is 1.71. The Bertz CT molecular complexity index is 1020. The molecule has 0 amide bonds. The van der Waals surface area contributed by atoms with Crippen molar-refractivity contribution in [3.63, 3.8) is 0 Å². The SMILES string of the molecule is COc1ncc(C(C)(C)N)c2cc(Nc3ccnc(N4CC[C@@H]4C)n3)ncc12. The molecule has 4 heterocycles. The summed E-state index contributed by atoms with van der Waals surface area (Å²) in [5.74, 6) is 2.63. The molecule has 0 unspecified atom stereocenters. The Kier molecular flexibility index (Phi) is 4.50. The molecule has 146 valence electrons. The first kappa shape index (κ1) is 18.4. The van der Waals surface area contributed by atoms with Crippen molar-refractivity contribution < 1.29 is 4.74 Å². The fourth-order valence-corrected chi connectivity index (χ4v) is 3.36. The third-order valence-corrected chi connectivity index (χ3v) is 5.10. The van der Waals surface area contributed by atoms with Gasteiger partial charge in [0.05, 0.1) is 12.5 Å². The van der Waals surface area contributed by atoms with Gasteiger partial charge in [0, 0.05) is 36.7 Å². The molecule has 28 heavy (non-hydrogen) atoms. The van der Waals surface area contributed by atoms with E-state index in [0.29, 0.717) is 23.6 Å². The number of methoxy groups -OCH3 is 1. The maximum absolute atomic E-state index is 6.36. The number of nitrogens with two attached hydrogens (primary N) is 1. The molecule has 3 aromatic rings. The number of anilines is 3. The van der Waals surface area contributed by atoms with Crippen LogP contribution in [0.3, 0.4) is 0 Å². The normalized spacial score (nSPS) is 16.8. The van der Waals surface area contributed by atoms with Crippen LogP contribution in [0.4, 0.5) is 17.6 Å². The van der Waals surface area contributed by atoms with Crippen molar-refractivity contribution >= 4 is 28.4 Å². The van der Waals surface area contributed by atoms with E-state index >= 15 is 0 Å². The average Bonchev–Trinajstić information content (AvgIpc) is 2.65. The summed E-state index contributed by atoms with van der Waals surface area (Å²) in [6.07, 6.45) is 6.44. The van der Waals surface area contributed by atoms with Crippen LogP contribution in [0, 0.1) is 0 Å². The van der Waals surface area contributed by atoms with E-state index < -0.39 is 5.54 Å². The number of pyridine rings is 2. The van der Waals surface area contributed by atoms with Crippen LogP contribution in [0.15, 0.2) is 30.7 Å². The molecule has 8 nitrogen and oxygen atoms in total. The van der Waals surface area contributed by atoms with E-state index in [-0.39, 0.29) is 0 Å². The van der Waals surface area contributed by atoms with E-state index in [1.165, 1.54) is 6.42 Å². The van der Waals surface area contributed by atoms with Crippen LogP contribution in [-0.2, 0) is 5.54 Å². The Labute approximate surface area is 164 Å². The summed E-state index contributed by atoms with van der Waals surface area (Å²) in [4.78, 5) is 20.1. The van der Waals surface area contributed by atoms with Gasteiger partial charge in [-0.25, -0.2) is 15.0 Å². The fourth-order valence-electron chi connectivity index (χ4n) is 3.36. The Morgan fingerprint density at radius 3 is 2.64 bits per heavy atom. The monoisotopic (exact) mass is 379 g/mol. The standard InChI is InChI=1S/C20H25N7O/c1-12-6-8-27(12)19-22-7-5-16(26-19)25-17-9-13-14(10-23-17)18(28-4)24-11-15(13)20(2,3)21/h5,7,9-12H,6,8,21H2,1-4H3,(H,22,23,25,26)/t12-/m0/s1. The summed E-state index contributed by atoms with van der Waals surface area (Å²) in [6, 6.07) is 4.27. The van der Waals surface area contributed by atoms with Gasteiger partial charge in [-0.1, -0.05) is 0 Å². The minimum absolute atomic E-state index is 0.475. The van der Waals surface area contributed by atoms with Crippen LogP contribution in [-0.4, -0.2) is 39.6 Å².